The molecule has 0 radical (unpaired) electrons. The summed E-state index contributed by atoms with van der Waals surface area (Å²) in [6, 6.07) is 7.27. The zero-order chi connectivity index (χ0) is 19.5. The minimum atomic E-state index is -4.00. The lowest BCUT2D eigenvalue weighted by Crippen LogP contribution is -2.41. The Kier molecular flexibility index (Phi) is 6.22. The van der Waals surface area contributed by atoms with E-state index in [1.165, 1.54) is 38.3 Å². The molecule has 0 saturated carbocycles. The molecule has 1 atom stereocenters. The first-order valence-corrected chi connectivity index (χ1v) is 9.43. The van der Waals surface area contributed by atoms with Crippen LogP contribution in [0.1, 0.15) is 12.5 Å². The van der Waals surface area contributed by atoms with Crippen LogP contribution in [0.2, 0.25) is 5.02 Å². The highest BCUT2D eigenvalue weighted by molar-refractivity contribution is 7.89. The molecule has 2 N–H and O–H groups in total. The largest absolute Gasteiger partial charge is 0.495 e. The van der Waals surface area contributed by atoms with Crippen LogP contribution in [-0.4, -0.2) is 27.5 Å². The monoisotopic (exact) mass is 400 g/mol. The molecule has 2 aromatic carbocycles. The predicted octanol–water partition coefficient (Wildman–Crippen LogP) is 3.10. The molecule has 0 aromatic heterocycles. The summed E-state index contributed by atoms with van der Waals surface area (Å²) in [5, 5.41) is 2.32. The number of hydrogen-bond donors (Lipinski definition) is 2. The van der Waals surface area contributed by atoms with Crippen LogP contribution >= 0.6 is 11.6 Å². The molecular weight excluding hydrogens is 383 g/mol. The molecule has 2 aromatic rings. The Hall–Kier alpha value is -2.16. The van der Waals surface area contributed by atoms with Gasteiger partial charge in [0.25, 0.3) is 0 Å². The zero-order valence-corrected chi connectivity index (χ0v) is 15.9. The zero-order valence-electron chi connectivity index (χ0n) is 14.3. The molecule has 2 rings (SSSR count). The van der Waals surface area contributed by atoms with Crippen molar-refractivity contribution in [2.45, 2.75) is 24.8 Å². The van der Waals surface area contributed by atoms with Crippen molar-refractivity contribution in [3.8, 4) is 5.75 Å². The van der Waals surface area contributed by atoms with Crippen LogP contribution < -0.4 is 14.8 Å². The van der Waals surface area contributed by atoms with Gasteiger partial charge in [0, 0.05) is 5.69 Å². The Morgan fingerprint density at radius 1 is 1.23 bits per heavy atom. The number of methoxy groups -OCH3 is 1. The molecule has 26 heavy (non-hydrogen) atoms. The number of nitrogens with one attached hydrogen (secondary N) is 2. The molecule has 0 saturated heterocycles. The van der Waals surface area contributed by atoms with Gasteiger partial charge < -0.3 is 10.1 Å². The summed E-state index contributed by atoms with van der Waals surface area (Å²) in [5.74, 6) is -1.08. The molecule has 0 aliphatic carbocycles. The Balaban J connectivity index is 2.17. The fourth-order valence-corrected chi connectivity index (χ4v) is 3.81. The Morgan fingerprint density at radius 2 is 1.92 bits per heavy atom. The lowest BCUT2D eigenvalue weighted by Gasteiger charge is -2.16. The van der Waals surface area contributed by atoms with Crippen LogP contribution in [0.25, 0.3) is 0 Å². The molecule has 140 valence electrons. The van der Waals surface area contributed by atoms with E-state index in [0.29, 0.717) is 0 Å². The van der Waals surface area contributed by atoms with E-state index < -0.39 is 27.8 Å². The van der Waals surface area contributed by atoms with Gasteiger partial charge in [-0.05, 0) is 49.7 Å². The van der Waals surface area contributed by atoms with Crippen molar-refractivity contribution >= 4 is 33.2 Å². The van der Waals surface area contributed by atoms with E-state index in [4.69, 9.17) is 16.3 Å². The number of amides is 1. The third-order valence-electron chi connectivity index (χ3n) is 3.52. The van der Waals surface area contributed by atoms with E-state index in [1.807, 2.05) is 0 Å². The predicted molar refractivity (Wildman–Crippen MR) is 97.6 cm³/mol. The normalized spacial score (nSPS) is 12.5. The topological polar surface area (TPSA) is 84.5 Å². The van der Waals surface area contributed by atoms with E-state index in [1.54, 1.807) is 13.0 Å². The third kappa shape index (κ3) is 4.72. The fourth-order valence-electron chi connectivity index (χ4n) is 2.17. The highest BCUT2D eigenvalue weighted by Gasteiger charge is 2.25. The summed E-state index contributed by atoms with van der Waals surface area (Å²) >= 11 is 5.66. The van der Waals surface area contributed by atoms with Gasteiger partial charge >= 0.3 is 0 Å². The Morgan fingerprint density at radius 3 is 2.54 bits per heavy atom. The molecule has 0 unspecified atom stereocenters. The Bertz CT molecular complexity index is 934. The number of carbonyl (C=O) groups is 1. The number of anilines is 1. The molecule has 0 aliphatic heterocycles. The number of hydrogen-bond acceptors (Lipinski definition) is 4. The van der Waals surface area contributed by atoms with Crippen molar-refractivity contribution in [1.29, 1.82) is 0 Å². The minimum absolute atomic E-state index is 0.0653. The van der Waals surface area contributed by atoms with Gasteiger partial charge in [-0.3, -0.25) is 4.79 Å². The first-order chi connectivity index (χ1) is 12.1. The van der Waals surface area contributed by atoms with E-state index in [0.717, 1.165) is 11.6 Å². The van der Waals surface area contributed by atoms with Crippen LogP contribution in [0.5, 0.6) is 5.75 Å². The average Bonchev–Trinajstić information content (AvgIpc) is 2.57. The van der Waals surface area contributed by atoms with Crippen LogP contribution in [0.3, 0.4) is 0 Å². The van der Waals surface area contributed by atoms with Crippen molar-refractivity contribution in [1.82, 2.24) is 4.72 Å². The molecule has 0 heterocycles. The van der Waals surface area contributed by atoms with Gasteiger partial charge in [0.2, 0.25) is 15.9 Å². The van der Waals surface area contributed by atoms with Gasteiger partial charge in [-0.2, -0.15) is 4.72 Å². The van der Waals surface area contributed by atoms with E-state index in [2.05, 4.69) is 10.0 Å². The van der Waals surface area contributed by atoms with Gasteiger partial charge in [0.1, 0.15) is 16.5 Å². The summed E-state index contributed by atoms with van der Waals surface area (Å²) < 4.78 is 45.7. The summed E-state index contributed by atoms with van der Waals surface area (Å²) in [5.41, 5.74) is 0.977. The van der Waals surface area contributed by atoms with Crippen LogP contribution in [0, 0.1) is 12.7 Å². The second-order valence-electron chi connectivity index (χ2n) is 5.62. The van der Waals surface area contributed by atoms with Gasteiger partial charge in [0.05, 0.1) is 18.2 Å². The quantitative estimate of drug-likeness (QED) is 0.780. The van der Waals surface area contributed by atoms with E-state index in [9.17, 15) is 17.6 Å². The maximum absolute atomic E-state index is 13.2. The third-order valence-corrected chi connectivity index (χ3v) is 5.37. The van der Waals surface area contributed by atoms with Gasteiger partial charge in [-0.1, -0.05) is 17.7 Å². The average molecular weight is 401 g/mol. The summed E-state index contributed by atoms with van der Waals surface area (Å²) in [4.78, 5) is 12.2. The van der Waals surface area contributed by atoms with Gasteiger partial charge in [0.15, 0.2) is 0 Å². The van der Waals surface area contributed by atoms with Gasteiger partial charge in [-0.25, -0.2) is 12.8 Å². The number of rotatable bonds is 6. The summed E-state index contributed by atoms with van der Waals surface area (Å²) in [6.07, 6.45) is 0. The van der Waals surface area contributed by atoms with Crippen molar-refractivity contribution < 1.29 is 22.3 Å². The highest BCUT2D eigenvalue weighted by atomic mass is 35.5. The van der Waals surface area contributed by atoms with Crippen molar-refractivity contribution in [3.63, 3.8) is 0 Å². The van der Waals surface area contributed by atoms with Crippen LogP contribution in [0.4, 0.5) is 10.1 Å². The maximum Gasteiger partial charge on any atom is 0.244 e. The second kappa shape index (κ2) is 8.03. The number of sulfonamides is 1. The summed E-state index contributed by atoms with van der Waals surface area (Å²) in [7, 11) is -2.64. The molecule has 9 heteroatoms. The molecule has 0 fully saturated rings. The number of halogens is 2. The molecule has 6 nitrogen and oxygen atoms in total. The molecule has 1 amide bonds. The summed E-state index contributed by atoms with van der Waals surface area (Å²) in [6.45, 7) is 3.13. The highest BCUT2D eigenvalue weighted by Crippen LogP contribution is 2.25. The number of benzene rings is 2. The first-order valence-electron chi connectivity index (χ1n) is 7.57. The number of ether oxygens (including phenoxy) is 1. The molecule has 0 spiro atoms. The van der Waals surface area contributed by atoms with Gasteiger partial charge in [-0.15, -0.1) is 0 Å². The minimum Gasteiger partial charge on any atom is -0.495 e. The molecular formula is C17H18ClFN2O4S. The number of carbonyl (C=O) groups excluding carboxylic acids is 1. The fraction of sp³-hybridized carbons (Fsp3) is 0.235. The maximum atomic E-state index is 13.2. The van der Waals surface area contributed by atoms with Crippen molar-refractivity contribution in [3.05, 3.63) is 52.8 Å². The Labute approximate surface area is 156 Å². The molecule has 0 aliphatic rings. The lowest BCUT2D eigenvalue weighted by atomic mass is 10.2. The first kappa shape index (κ1) is 20.2. The smallest absolute Gasteiger partial charge is 0.244 e. The van der Waals surface area contributed by atoms with Crippen molar-refractivity contribution in [2.24, 2.45) is 0 Å². The van der Waals surface area contributed by atoms with E-state index in [-0.39, 0.29) is 21.4 Å². The van der Waals surface area contributed by atoms with E-state index >= 15 is 0 Å². The van der Waals surface area contributed by atoms with Crippen LogP contribution in [-0.2, 0) is 14.8 Å². The lowest BCUT2D eigenvalue weighted by molar-refractivity contribution is -0.117. The standard InChI is InChI=1S/C17H18ClFN2O4S/c1-10-4-7-15(25-3)16(8-10)26(23,24)21-11(2)17(22)20-12-5-6-14(19)13(18)9-12/h4-9,11,21H,1-3H3,(H,20,22)/t11-/m1/s1. The van der Waals surface area contributed by atoms with Crippen molar-refractivity contribution in [2.75, 3.05) is 12.4 Å². The SMILES string of the molecule is COc1ccc(C)cc1S(=O)(=O)N[C@H](C)C(=O)Nc1ccc(F)c(Cl)c1. The van der Waals surface area contributed by atoms with Crippen LogP contribution in [0.15, 0.2) is 41.3 Å². The molecule has 0 bridgehead atoms. The number of aryl methyl sites for hydroxylation is 1. The second-order valence-corrected chi connectivity index (χ2v) is 7.71.